The number of aromatic nitrogens is 1. The maximum Gasteiger partial charge on any atom is 0.0991 e. The molecule has 0 aliphatic rings. The molecule has 0 N–H and O–H groups in total. The van der Waals surface area contributed by atoms with Crippen LogP contribution in [0, 0.1) is 11.3 Å². The standard InChI is InChI=1S/C16H9ClN2/c17-16-5-4-13(14-6-7-19-10-15(14)16)12-3-1-2-11(8-12)9-18/h1-8,10H. The molecule has 2 aromatic carbocycles. The lowest BCUT2D eigenvalue weighted by atomic mass is 9.98. The fourth-order valence-electron chi connectivity index (χ4n) is 2.16. The molecule has 0 spiro atoms. The summed E-state index contributed by atoms with van der Waals surface area (Å²) < 4.78 is 0. The Morgan fingerprint density at radius 1 is 1.05 bits per heavy atom. The van der Waals surface area contributed by atoms with E-state index in [-0.39, 0.29) is 0 Å². The van der Waals surface area contributed by atoms with E-state index in [0.29, 0.717) is 10.6 Å². The first-order valence-corrected chi connectivity index (χ1v) is 6.20. The van der Waals surface area contributed by atoms with Crippen molar-refractivity contribution in [2.24, 2.45) is 0 Å². The van der Waals surface area contributed by atoms with E-state index in [1.165, 1.54) is 0 Å². The highest BCUT2D eigenvalue weighted by molar-refractivity contribution is 6.36. The van der Waals surface area contributed by atoms with E-state index in [1.54, 1.807) is 18.5 Å². The first-order valence-electron chi connectivity index (χ1n) is 5.82. The van der Waals surface area contributed by atoms with E-state index < -0.39 is 0 Å². The fraction of sp³-hybridized carbons (Fsp3) is 0. The van der Waals surface area contributed by atoms with Crippen LogP contribution in [0.5, 0.6) is 0 Å². The normalized spacial score (nSPS) is 10.3. The van der Waals surface area contributed by atoms with Crippen LogP contribution in [0.4, 0.5) is 0 Å². The molecule has 0 aliphatic heterocycles. The second-order valence-electron chi connectivity index (χ2n) is 4.21. The number of hydrogen-bond acceptors (Lipinski definition) is 2. The second-order valence-corrected chi connectivity index (χ2v) is 4.62. The third-order valence-electron chi connectivity index (χ3n) is 3.07. The molecule has 3 heteroatoms. The lowest BCUT2D eigenvalue weighted by Crippen LogP contribution is -1.84. The zero-order chi connectivity index (χ0) is 13.2. The van der Waals surface area contributed by atoms with Crippen LogP contribution in [-0.4, -0.2) is 4.98 Å². The van der Waals surface area contributed by atoms with Gasteiger partial charge in [-0.15, -0.1) is 0 Å². The van der Waals surface area contributed by atoms with Gasteiger partial charge in [0.05, 0.1) is 11.6 Å². The van der Waals surface area contributed by atoms with Crippen LogP contribution >= 0.6 is 11.6 Å². The van der Waals surface area contributed by atoms with E-state index in [9.17, 15) is 0 Å². The van der Waals surface area contributed by atoms with Crippen molar-refractivity contribution in [1.29, 1.82) is 5.26 Å². The molecule has 0 aliphatic carbocycles. The summed E-state index contributed by atoms with van der Waals surface area (Å²) in [5.74, 6) is 0. The molecule has 2 nitrogen and oxygen atoms in total. The number of halogens is 1. The Balaban J connectivity index is 2.31. The molecule has 0 saturated heterocycles. The Labute approximate surface area is 115 Å². The molecule has 1 heterocycles. The number of hydrogen-bond donors (Lipinski definition) is 0. The maximum absolute atomic E-state index is 8.99. The summed E-state index contributed by atoms with van der Waals surface area (Å²) in [7, 11) is 0. The minimum absolute atomic E-state index is 0.648. The lowest BCUT2D eigenvalue weighted by Gasteiger charge is -2.08. The number of nitriles is 1. The molecule has 0 radical (unpaired) electrons. The maximum atomic E-state index is 8.99. The zero-order valence-electron chi connectivity index (χ0n) is 9.97. The van der Waals surface area contributed by atoms with Gasteiger partial charge in [-0.05, 0) is 40.8 Å². The Hall–Kier alpha value is -2.37. The van der Waals surface area contributed by atoms with Gasteiger partial charge in [-0.3, -0.25) is 4.98 Å². The van der Waals surface area contributed by atoms with Gasteiger partial charge < -0.3 is 0 Å². The minimum atomic E-state index is 0.648. The van der Waals surface area contributed by atoms with E-state index in [0.717, 1.165) is 21.9 Å². The highest BCUT2D eigenvalue weighted by atomic mass is 35.5. The van der Waals surface area contributed by atoms with Crippen LogP contribution < -0.4 is 0 Å². The quantitative estimate of drug-likeness (QED) is 0.652. The van der Waals surface area contributed by atoms with Crippen LogP contribution in [0.25, 0.3) is 21.9 Å². The van der Waals surface area contributed by atoms with Gasteiger partial charge in [0, 0.05) is 22.8 Å². The molecule has 1 aromatic heterocycles. The summed E-state index contributed by atoms with van der Waals surface area (Å²) in [6.07, 6.45) is 3.51. The predicted octanol–water partition coefficient (Wildman–Crippen LogP) is 4.43. The first-order chi connectivity index (χ1) is 9.29. The molecular formula is C16H9ClN2. The van der Waals surface area contributed by atoms with Crippen molar-refractivity contribution in [3.05, 3.63) is 65.4 Å². The molecular weight excluding hydrogens is 256 g/mol. The smallest absolute Gasteiger partial charge is 0.0991 e. The second kappa shape index (κ2) is 4.72. The van der Waals surface area contributed by atoms with Gasteiger partial charge in [0.1, 0.15) is 0 Å². The number of pyridine rings is 1. The monoisotopic (exact) mass is 264 g/mol. The molecule has 19 heavy (non-hydrogen) atoms. The average molecular weight is 265 g/mol. The lowest BCUT2D eigenvalue weighted by molar-refractivity contribution is 1.36. The third-order valence-corrected chi connectivity index (χ3v) is 3.40. The molecule has 0 amide bonds. The summed E-state index contributed by atoms with van der Waals surface area (Å²) in [6, 6.07) is 15.5. The number of benzene rings is 2. The fourth-order valence-corrected chi connectivity index (χ4v) is 2.38. The summed E-state index contributed by atoms with van der Waals surface area (Å²) in [4.78, 5) is 4.11. The van der Waals surface area contributed by atoms with Crippen molar-refractivity contribution in [3.63, 3.8) is 0 Å². The van der Waals surface area contributed by atoms with Gasteiger partial charge in [-0.1, -0.05) is 29.8 Å². The number of nitrogens with zero attached hydrogens (tertiary/aromatic N) is 2. The largest absolute Gasteiger partial charge is 0.264 e. The van der Waals surface area contributed by atoms with Crippen molar-refractivity contribution < 1.29 is 0 Å². The van der Waals surface area contributed by atoms with Gasteiger partial charge in [0.25, 0.3) is 0 Å². The van der Waals surface area contributed by atoms with Crippen molar-refractivity contribution in [2.45, 2.75) is 0 Å². The van der Waals surface area contributed by atoms with Gasteiger partial charge >= 0.3 is 0 Å². The Morgan fingerprint density at radius 3 is 2.79 bits per heavy atom. The molecule has 0 bridgehead atoms. The van der Waals surface area contributed by atoms with Gasteiger partial charge in [-0.2, -0.15) is 5.26 Å². The summed E-state index contributed by atoms with van der Waals surface area (Å²) in [5.41, 5.74) is 2.71. The van der Waals surface area contributed by atoms with Crippen LogP contribution in [0.3, 0.4) is 0 Å². The van der Waals surface area contributed by atoms with Crippen LogP contribution in [-0.2, 0) is 0 Å². The first kappa shape index (κ1) is 11.7. The van der Waals surface area contributed by atoms with Gasteiger partial charge in [0.2, 0.25) is 0 Å². The van der Waals surface area contributed by atoms with Gasteiger partial charge in [0.15, 0.2) is 0 Å². The average Bonchev–Trinajstić information content (AvgIpc) is 2.48. The molecule has 90 valence electrons. The Morgan fingerprint density at radius 2 is 1.95 bits per heavy atom. The zero-order valence-corrected chi connectivity index (χ0v) is 10.7. The minimum Gasteiger partial charge on any atom is -0.264 e. The van der Waals surface area contributed by atoms with E-state index >= 15 is 0 Å². The number of fused-ring (bicyclic) bond motifs is 1. The van der Waals surface area contributed by atoms with Crippen molar-refractivity contribution in [2.75, 3.05) is 0 Å². The third kappa shape index (κ3) is 2.05. The van der Waals surface area contributed by atoms with E-state index in [2.05, 4.69) is 11.1 Å². The van der Waals surface area contributed by atoms with E-state index in [1.807, 2.05) is 36.4 Å². The van der Waals surface area contributed by atoms with Crippen LogP contribution in [0.1, 0.15) is 5.56 Å². The summed E-state index contributed by atoms with van der Waals surface area (Å²) in [6.45, 7) is 0. The summed E-state index contributed by atoms with van der Waals surface area (Å²) in [5, 5.41) is 11.6. The Kier molecular flexibility index (Phi) is 2.91. The molecule has 3 aromatic rings. The molecule has 0 saturated carbocycles. The molecule has 0 fully saturated rings. The summed E-state index contributed by atoms with van der Waals surface area (Å²) >= 11 is 6.18. The van der Waals surface area contributed by atoms with Crippen molar-refractivity contribution in [1.82, 2.24) is 4.98 Å². The van der Waals surface area contributed by atoms with Gasteiger partial charge in [-0.25, -0.2) is 0 Å². The SMILES string of the molecule is N#Cc1cccc(-c2ccc(Cl)c3cnccc23)c1. The topological polar surface area (TPSA) is 36.7 Å². The molecule has 0 unspecified atom stereocenters. The van der Waals surface area contributed by atoms with Crippen LogP contribution in [0.2, 0.25) is 5.02 Å². The van der Waals surface area contributed by atoms with Crippen molar-refractivity contribution >= 4 is 22.4 Å². The number of rotatable bonds is 1. The molecule has 3 rings (SSSR count). The molecule has 0 atom stereocenters. The Bertz CT molecular complexity index is 803. The highest BCUT2D eigenvalue weighted by Gasteiger charge is 2.07. The predicted molar refractivity (Wildman–Crippen MR) is 76.9 cm³/mol. The van der Waals surface area contributed by atoms with Crippen molar-refractivity contribution in [3.8, 4) is 17.2 Å². The van der Waals surface area contributed by atoms with Crippen LogP contribution in [0.15, 0.2) is 54.9 Å². The van der Waals surface area contributed by atoms with E-state index in [4.69, 9.17) is 16.9 Å². The highest BCUT2D eigenvalue weighted by Crippen LogP contribution is 2.32.